The zero-order chi connectivity index (χ0) is 20.4. The van der Waals surface area contributed by atoms with Crippen molar-refractivity contribution in [1.29, 1.82) is 0 Å². The summed E-state index contributed by atoms with van der Waals surface area (Å²) in [6.45, 7) is 5.53. The molecule has 1 amide bonds. The molecule has 1 N–H and O–H groups in total. The minimum Gasteiger partial charge on any atom is -0.372 e. The summed E-state index contributed by atoms with van der Waals surface area (Å²) >= 11 is 0. The van der Waals surface area contributed by atoms with E-state index in [1.807, 2.05) is 49.0 Å². The van der Waals surface area contributed by atoms with E-state index in [9.17, 15) is 9.18 Å². The van der Waals surface area contributed by atoms with Crippen LogP contribution in [0, 0.1) is 5.82 Å². The lowest BCUT2D eigenvalue weighted by Gasteiger charge is -2.36. The van der Waals surface area contributed by atoms with E-state index in [0.29, 0.717) is 0 Å². The molecular weight excluding hydrogens is 371 g/mol. The highest BCUT2D eigenvalue weighted by Gasteiger charge is 2.23. The Morgan fingerprint density at radius 3 is 2.55 bits per heavy atom. The molecule has 3 aromatic rings. The SMILES string of the molecule is CC1CN(c2ccnc(C(=O)Nc3cc(-n4cccc4)ccc3F)c2)CC(C)O1. The molecule has 1 aromatic carbocycles. The maximum absolute atomic E-state index is 14.3. The van der Waals surface area contributed by atoms with Crippen LogP contribution in [0.15, 0.2) is 61.1 Å². The Kier molecular flexibility index (Phi) is 5.31. The molecule has 4 rings (SSSR count). The number of ether oxygens (including phenoxy) is 1. The van der Waals surface area contributed by atoms with E-state index >= 15 is 0 Å². The fraction of sp³-hybridized carbons (Fsp3) is 0.273. The standard InChI is InChI=1S/C22H23FN4O2/c1-15-13-27(14-16(2)29-15)18-7-8-24-21(12-18)22(28)25-20-11-17(5-6-19(20)23)26-9-3-4-10-26/h3-12,15-16H,13-14H2,1-2H3,(H,25,28). The summed E-state index contributed by atoms with van der Waals surface area (Å²) in [5.41, 5.74) is 2.00. The minimum atomic E-state index is -0.499. The van der Waals surface area contributed by atoms with Crippen molar-refractivity contribution in [2.75, 3.05) is 23.3 Å². The summed E-state index contributed by atoms with van der Waals surface area (Å²) in [4.78, 5) is 19.1. The van der Waals surface area contributed by atoms with Gasteiger partial charge in [-0.05, 0) is 56.3 Å². The molecule has 2 unspecified atom stereocenters. The molecule has 7 heteroatoms. The summed E-state index contributed by atoms with van der Waals surface area (Å²) < 4.78 is 21.9. The molecule has 1 aliphatic rings. The van der Waals surface area contributed by atoms with Gasteiger partial charge in [0, 0.05) is 43.1 Å². The molecule has 0 radical (unpaired) electrons. The number of morpholine rings is 1. The van der Waals surface area contributed by atoms with Gasteiger partial charge in [-0.3, -0.25) is 9.78 Å². The van der Waals surface area contributed by atoms with Gasteiger partial charge in [0.15, 0.2) is 0 Å². The van der Waals surface area contributed by atoms with E-state index in [2.05, 4.69) is 15.2 Å². The van der Waals surface area contributed by atoms with Crippen molar-refractivity contribution in [3.63, 3.8) is 0 Å². The van der Waals surface area contributed by atoms with Crippen molar-refractivity contribution in [3.8, 4) is 5.69 Å². The molecule has 1 aliphatic heterocycles. The van der Waals surface area contributed by atoms with Crippen LogP contribution in [0.1, 0.15) is 24.3 Å². The highest BCUT2D eigenvalue weighted by atomic mass is 19.1. The van der Waals surface area contributed by atoms with Crippen LogP contribution in [0.4, 0.5) is 15.8 Å². The minimum absolute atomic E-state index is 0.106. The van der Waals surface area contributed by atoms with Crippen LogP contribution in [0.5, 0.6) is 0 Å². The number of nitrogens with zero attached hydrogens (tertiary/aromatic N) is 3. The van der Waals surface area contributed by atoms with Crippen LogP contribution in [-0.4, -0.2) is 40.8 Å². The van der Waals surface area contributed by atoms with Crippen LogP contribution in [-0.2, 0) is 4.74 Å². The average molecular weight is 394 g/mol. The van der Waals surface area contributed by atoms with Crippen molar-refractivity contribution >= 4 is 17.3 Å². The number of anilines is 2. The second kappa shape index (κ2) is 8.05. The van der Waals surface area contributed by atoms with Gasteiger partial charge in [0.05, 0.1) is 17.9 Å². The fourth-order valence-electron chi connectivity index (χ4n) is 3.59. The first kappa shape index (κ1) is 19.1. The number of aromatic nitrogens is 2. The number of benzene rings is 1. The molecule has 0 saturated carbocycles. The van der Waals surface area contributed by atoms with Crippen molar-refractivity contribution in [2.24, 2.45) is 0 Å². The van der Waals surface area contributed by atoms with Gasteiger partial charge in [0.25, 0.3) is 5.91 Å². The van der Waals surface area contributed by atoms with Crippen LogP contribution in [0.3, 0.4) is 0 Å². The van der Waals surface area contributed by atoms with E-state index in [1.165, 1.54) is 6.07 Å². The van der Waals surface area contributed by atoms with Gasteiger partial charge in [-0.25, -0.2) is 4.39 Å². The molecule has 0 spiro atoms. The van der Waals surface area contributed by atoms with Crippen LogP contribution in [0.2, 0.25) is 0 Å². The molecule has 6 nitrogen and oxygen atoms in total. The Hall–Kier alpha value is -3.19. The Balaban J connectivity index is 1.54. The third-order valence-corrected chi connectivity index (χ3v) is 4.86. The Bertz CT molecular complexity index is 996. The zero-order valence-electron chi connectivity index (χ0n) is 16.4. The van der Waals surface area contributed by atoms with E-state index in [0.717, 1.165) is 24.5 Å². The van der Waals surface area contributed by atoms with Gasteiger partial charge >= 0.3 is 0 Å². The molecule has 1 saturated heterocycles. The number of nitrogens with one attached hydrogen (secondary N) is 1. The highest BCUT2D eigenvalue weighted by Crippen LogP contribution is 2.23. The second-order valence-electron chi connectivity index (χ2n) is 7.27. The van der Waals surface area contributed by atoms with Gasteiger partial charge < -0.3 is 19.5 Å². The van der Waals surface area contributed by atoms with E-state index in [4.69, 9.17) is 4.74 Å². The summed E-state index contributed by atoms with van der Waals surface area (Å²) in [7, 11) is 0. The number of hydrogen-bond acceptors (Lipinski definition) is 4. The number of amides is 1. The summed E-state index contributed by atoms with van der Waals surface area (Å²) in [6, 6.07) is 12.0. The summed E-state index contributed by atoms with van der Waals surface area (Å²) in [5, 5.41) is 2.64. The quantitative estimate of drug-likeness (QED) is 0.730. The third kappa shape index (κ3) is 4.30. The first-order valence-electron chi connectivity index (χ1n) is 9.60. The van der Waals surface area contributed by atoms with Crippen molar-refractivity contribution < 1.29 is 13.9 Å². The van der Waals surface area contributed by atoms with Gasteiger partial charge in [0.2, 0.25) is 0 Å². The lowest BCUT2D eigenvalue weighted by Crippen LogP contribution is -2.45. The molecule has 2 atom stereocenters. The molecule has 1 fully saturated rings. The Labute approximate surface area is 168 Å². The largest absolute Gasteiger partial charge is 0.372 e. The smallest absolute Gasteiger partial charge is 0.274 e. The fourth-order valence-corrected chi connectivity index (χ4v) is 3.59. The highest BCUT2D eigenvalue weighted by molar-refractivity contribution is 6.03. The monoisotopic (exact) mass is 394 g/mol. The van der Waals surface area contributed by atoms with Crippen molar-refractivity contribution in [3.05, 3.63) is 72.6 Å². The third-order valence-electron chi connectivity index (χ3n) is 4.86. The lowest BCUT2D eigenvalue weighted by atomic mass is 10.2. The van der Waals surface area contributed by atoms with Gasteiger partial charge in [-0.15, -0.1) is 0 Å². The summed E-state index contributed by atoms with van der Waals surface area (Å²) in [5.74, 6) is -0.953. The molecule has 150 valence electrons. The molecule has 29 heavy (non-hydrogen) atoms. The van der Waals surface area contributed by atoms with Gasteiger partial charge in [-0.1, -0.05) is 0 Å². The van der Waals surface area contributed by atoms with E-state index in [1.54, 1.807) is 24.4 Å². The predicted octanol–water partition coefficient (Wildman–Crippen LogP) is 3.88. The van der Waals surface area contributed by atoms with Crippen LogP contribution < -0.4 is 10.2 Å². The van der Waals surface area contributed by atoms with Crippen molar-refractivity contribution in [1.82, 2.24) is 9.55 Å². The number of hydrogen-bond donors (Lipinski definition) is 1. The first-order chi connectivity index (χ1) is 14.0. The van der Waals surface area contributed by atoms with Gasteiger partial charge in [0.1, 0.15) is 11.5 Å². The Morgan fingerprint density at radius 1 is 1.10 bits per heavy atom. The lowest BCUT2D eigenvalue weighted by molar-refractivity contribution is -0.00522. The zero-order valence-corrected chi connectivity index (χ0v) is 16.4. The number of rotatable bonds is 4. The molecule has 2 aromatic heterocycles. The number of pyridine rings is 1. The maximum Gasteiger partial charge on any atom is 0.274 e. The van der Waals surface area contributed by atoms with Gasteiger partial charge in [-0.2, -0.15) is 0 Å². The van der Waals surface area contributed by atoms with Crippen molar-refractivity contribution in [2.45, 2.75) is 26.1 Å². The second-order valence-corrected chi connectivity index (χ2v) is 7.27. The van der Waals surface area contributed by atoms with Crippen LogP contribution in [0.25, 0.3) is 5.69 Å². The number of carbonyl (C=O) groups is 1. The Morgan fingerprint density at radius 2 is 1.83 bits per heavy atom. The molecular formula is C22H23FN4O2. The van der Waals surface area contributed by atoms with Crippen LogP contribution >= 0.6 is 0 Å². The van der Waals surface area contributed by atoms with E-state index < -0.39 is 11.7 Å². The summed E-state index contributed by atoms with van der Waals surface area (Å²) in [6.07, 6.45) is 5.52. The normalized spacial score (nSPS) is 19.2. The van der Waals surface area contributed by atoms with E-state index in [-0.39, 0.29) is 23.6 Å². The number of halogens is 1. The maximum atomic E-state index is 14.3. The molecule has 0 bridgehead atoms. The average Bonchev–Trinajstić information content (AvgIpc) is 3.24. The predicted molar refractivity (Wildman–Crippen MR) is 110 cm³/mol. The molecule has 3 heterocycles. The topological polar surface area (TPSA) is 59.4 Å². The molecule has 0 aliphatic carbocycles. The first-order valence-corrected chi connectivity index (χ1v) is 9.60. The number of carbonyl (C=O) groups excluding carboxylic acids is 1.